The van der Waals surface area contributed by atoms with Gasteiger partial charge in [-0.2, -0.15) is 0 Å². The van der Waals surface area contributed by atoms with E-state index in [1.165, 1.54) is 0 Å². The number of benzene rings is 1. The Bertz CT molecular complexity index is 984. The zero-order valence-corrected chi connectivity index (χ0v) is 25.4. The third-order valence-electron chi connectivity index (χ3n) is 7.44. The Labute approximate surface area is 240 Å². The molecule has 2 aliphatic rings. The fourth-order valence-electron chi connectivity index (χ4n) is 5.70. The predicted molar refractivity (Wildman–Crippen MR) is 153 cm³/mol. The van der Waals surface area contributed by atoms with Crippen LogP contribution in [0.3, 0.4) is 0 Å². The lowest BCUT2D eigenvalue weighted by Gasteiger charge is -2.33. The monoisotopic (exact) mass is 559 g/mol. The van der Waals surface area contributed by atoms with Crippen molar-refractivity contribution < 1.29 is 33.3 Å². The Morgan fingerprint density at radius 3 is 2.40 bits per heavy atom. The molecule has 1 aromatic carbocycles. The van der Waals surface area contributed by atoms with Gasteiger partial charge in [-0.15, -0.1) is 0 Å². The molecule has 2 saturated heterocycles. The molecule has 2 heterocycles. The summed E-state index contributed by atoms with van der Waals surface area (Å²) in [6.45, 7) is 14.9. The van der Waals surface area contributed by atoms with Gasteiger partial charge < -0.3 is 23.7 Å². The predicted octanol–water partition coefficient (Wildman–Crippen LogP) is 6.77. The number of amides is 1. The molecule has 4 unspecified atom stereocenters. The summed E-state index contributed by atoms with van der Waals surface area (Å²) in [6, 6.07) is 9.32. The van der Waals surface area contributed by atoms with Crippen LogP contribution in [0.2, 0.25) is 0 Å². The minimum Gasteiger partial charge on any atom is -0.463 e. The summed E-state index contributed by atoms with van der Waals surface area (Å²) in [6.07, 6.45) is 3.16. The summed E-state index contributed by atoms with van der Waals surface area (Å²) >= 11 is 0. The summed E-state index contributed by atoms with van der Waals surface area (Å²) in [5.74, 6) is -0.0848. The van der Waals surface area contributed by atoms with E-state index in [2.05, 4.69) is 13.8 Å². The molecule has 40 heavy (non-hydrogen) atoms. The topological polar surface area (TPSA) is 83.5 Å². The van der Waals surface area contributed by atoms with Crippen LogP contribution < -0.4 is 0 Å². The van der Waals surface area contributed by atoms with E-state index < -0.39 is 17.9 Å². The van der Waals surface area contributed by atoms with Crippen LogP contribution in [0.25, 0.3) is 0 Å². The molecule has 1 aromatic rings. The molecule has 0 radical (unpaired) electrons. The molecule has 1 amide bonds. The van der Waals surface area contributed by atoms with Crippen molar-refractivity contribution >= 4 is 12.1 Å². The fraction of sp³-hybridized carbons (Fsp3) is 0.688. The first kappa shape index (κ1) is 32.1. The number of ether oxygens (including phenoxy) is 5. The zero-order valence-electron chi connectivity index (χ0n) is 25.4. The van der Waals surface area contributed by atoms with E-state index >= 15 is 0 Å². The van der Waals surface area contributed by atoms with Gasteiger partial charge in [0.15, 0.2) is 6.29 Å². The summed E-state index contributed by atoms with van der Waals surface area (Å²) in [4.78, 5) is 28.7. The van der Waals surface area contributed by atoms with Gasteiger partial charge in [0.25, 0.3) is 0 Å². The van der Waals surface area contributed by atoms with Gasteiger partial charge in [-0.1, -0.05) is 51.1 Å². The van der Waals surface area contributed by atoms with Gasteiger partial charge in [0.2, 0.25) is 0 Å². The largest absolute Gasteiger partial charge is 0.463 e. The van der Waals surface area contributed by atoms with Crippen LogP contribution in [0.15, 0.2) is 41.5 Å². The van der Waals surface area contributed by atoms with Gasteiger partial charge in [-0.25, -0.2) is 9.59 Å². The van der Waals surface area contributed by atoms with E-state index in [4.69, 9.17) is 23.7 Å². The summed E-state index contributed by atoms with van der Waals surface area (Å²) in [5, 5.41) is 0. The highest BCUT2D eigenvalue weighted by Gasteiger charge is 2.52. The molecule has 2 aliphatic heterocycles. The van der Waals surface area contributed by atoms with E-state index in [1.54, 1.807) is 11.8 Å². The maximum atomic E-state index is 13.6. The molecule has 2 fully saturated rings. The number of carbonyl (C=O) groups is 2. The Kier molecular flexibility index (Phi) is 12.0. The third kappa shape index (κ3) is 8.54. The third-order valence-corrected chi connectivity index (χ3v) is 7.44. The number of carbonyl (C=O) groups excluding carboxylic acids is 2. The normalized spacial score (nSPS) is 24.0. The first-order valence-corrected chi connectivity index (χ1v) is 14.9. The van der Waals surface area contributed by atoms with E-state index in [9.17, 15) is 9.59 Å². The lowest BCUT2D eigenvalue weighted by atomic mass is 9.88. The standard InChI is InChI=1S/C32H49NO7/c1-8-25(26(30(34)36-9-2)20-23(5)39-28-17-13-14-18-37-28)29-27(19-22(3)4)33(32(6,7)40-29)31(35)38-21-24-15-11-10-12-16-24/h10-12,15-16,22-23,27-29H,8-9,13-14,17-21H2,1-7H3. The quantitative estimate of drug-likeness (QED) is 0.206. The Morgan fingerprint density at radius 2 is 1.80 bits per heavy atom. The highest BCUT2D eigenvalue weighted by Crippen LogP contribution is 2.41. The molecule has 4 atom stereocenters. The number of esters is 1. The van der Waals surface area contributed by atoms with E-state index in [0.29, 0.717) is 31.4 Å². The van der Waals surface area contributed by atoms with Crippen LogP contribution in [0, 0.1) is 5.92 Å². The van der Waals surface area contributed by atoms with E-state index in [1.807, 2.05) is 58.0 Å². The molecular formula is C32H49NO7. The van der Waals surface area contributed by atoms with Crippen molar-refractivity contribution in [2.75, 3.05) is 13.2 Å². The van der Waals surface area contributed by atoms with Crippen molar-refractivity contribution in [3.05, 3.63) is 47.0 Å². The molecule has 0 saturated carbocycles. The number of hydrogen-bond donors (Lipinski definition) is 0. The summed E-state index contributed by atoms with van der Waals surface area (Å²) in [5.41, 5.74) is 1.38. The molecule has 8 heteroatoms. The molecule has 0 aromatic heterocycles. The zero-order chi connectivity index (χ0) is 29.3. The maximum Gasteiger partial charge on any atom is 0.412 e. The molecule has 3 rings (SSSR count). The van der Waals surface area contributed by atoms with Gasteiger partial charge in [-0.05, 0) is 76.9 Å². The van der Waals surface area contributed by atoms with E-state index in [-0.39, 0.29) is 43.5 Å². The smallest absolute Gasteiger partial charge is 0.412 e. The second-order valence-corrected chi connectivity index (χ2v) is 11.6. The van der Waals surface area contributed by atoms with Crippen molar-refractivity contribution in [2.24, 2.45) is 5.92 Å². The SMILES string of the molecule is CCOC(=O)C(CC(C)OC1CCCCO1)=C(CC)C1OC(C)(C)N(C(=O)OCc2ccccc2)C1CC(C)C. The minimum absolute atomic E-state index is 0.175. The molecular weight excluding hydrogens is 510 g/mol. The lowest BCUT2D eigenvalue weighted by molar-refractivity contribution is -0.184. The van der Waals surface area contributed by atoms with Gasteiger partial charge >= 0.3 is 12.1 Å². The van der Waals surface area contributed by atoms with Crippen LogP contribution in [-0.2, 0) is 35.1 Å². The molecule has 0 aliphatic carbocycles. The molecule has 0 bridgehead atoms. The first-order chi connectivity index (χ1) is 19.1. The summed E-state index contributed by atoms with van der Waals surface area (Å²) in [7, 11) is 0. The second-order valence-electron chi connectivity index (χ2n) is 11.6. The lowest BCUT2D eigenvalue weighted by Crippen LogP contribution is -2.49. The van der Waals surface area contributed by atoms with Crippen molar-refractivity contribution in [1.29, 1.82) is 0 Å². The van der Waals surface area contributed by atoms with Crippen molar-refractivity contribution in [1.82, 2.24) is 4.90 Å². The molecule has 224 valence electrons. The van der Waals surface area contributed by atoms with Gasteiger partial charge in [0, 0.05) is 18.6 Å². The van der Waals surface area contributed by atoms with Crippen molar-refractivity contribution in [3.63, 3.8) is 0 Å². The van der Waals surface area contributed by atoms with Gasteiger partial charge in [-0.3, -0.25) is 4.90 Å². The van der Waals surface area contributed by atoms with E-state index in [0.717, 1.165) is 30.4 Å². The van der Waals surface area contributed by atoms with Crippen LogP contribution in [0.5, 0.6) is 0 Å². The van der Waals surface area contributed by atoms with Crippen molar-refractivity contribution in [3.8, 4) is 0 Å². The average molecular weight is 560 g/mol. The van der Waals surface area contributed by atoms with Crippen LogP contribution in [0.4, 0.5) is 4.79 Å². The number of rotatable bonds is 12. The van der Waals surface area contributed by atoms with Crippen LogP contribution in [-0.4, -0.2) is 60.4 Å². The first-order valence-electron chi connectivity index (χ1n) is 14.9. The van der Waals surface area contributed by atoms with Crippen LogP contribution >= 0.6 is 0 Å². The van der Waals surface area contributed by atoms with Crippen molar-refractivity contribution in [2.45, 2.75) is 124 Å². The second kappa shape index (κ2) is 15.0. The fourth-order valence-corrected chi connectivity index (χ4v) is 5.70. The molecule has 0 spiro atoms. The highest BCUT2D eigenvalue weighted by molar-refractivity contribution is 5.89. The minimum atomic E-state index is -0.934. The summed E-state index contributed by atoms with van der Waals surface area (Å²) < 4.78 is 29.9. The highest BCUT2D eigenvalue weighted by atomic mass is 16.7. The Balaban J connectivity index is 1.92. The number of hydrogen-bond acceptors (Lipinski definition) is 7. The Hall–Kier alpha value is -2.42. The molecule has 0 N–H and O–H groups in total. The maximum absolute atomic E-state index is 13.6. The van der Waals surface area contributed by atoms with Gasteiger partial charge in [0.1, 0.15) is 18.4 Å². The molecule has 8 nitrogen and oxygen atoms in total. The van der Waals surface area contributed by atoms with Gasteiger partial charge in [0.05, 0.1) is 18.8 Å². The Morgan fingerprint density at radius 1 is 1.07 bits per heavy atom. The van der Waals surface area contributed by atoms with Crippen LogP contribution in [0.1, 0.15) is 92.6 Å². The number of nitrogens with zero attached hydrogens (tertiary/aromatic N) is 1. The average Bonchev–Trinajstić information content (AvgIpc) is 3.17.